The fourth-order valence-corrected chi connectivity index (χ4v) is 7.92. The van der Waals surface area contributed by atoms with Crippen LogP contribution >= 0.6 is 0 Å². The van der Waals surface area contributed by atoms with Crippen LogP contribution in [0.1, 0.15) is 29.0 Å². The molecule has 0 aromatic heterocycles. The first-order valence-electron chi connectivity index (χ1n) is 16.3. The van der Waals surface area contributed by atoms with Crippen LogP contribution in [-0.4, -0.2) is 62.6 Å². The zero-order valence-corrected chi connectivity index (χ0v) is 27.7. The van der Waals surface area contributed by atoms with Gasteiger partial charge in [-0.05, 0) is 58.5 Å². The number of benzene rings is 5. The molecule has 1 heterocycles. The summed E-state index contributed by atoms with van der Waals surface area (Å²) in [5.41, 5.74) is 3.03. The van der Waals surface area contributed by atoms with E-state index in [2.05, 4.69) is 16.0 Å². The topological polar surface area (TPSA) is 134 Å². The lowest BCUT2D eigenvalue weighted by Crippen LogP contribution is -2.47. The summed E-state index contributed by atoms with van der Waals surface area (Å²) in [5, 5.41) is 20.4. The number of rotatable bonds is 12. The molecule has 1 unspecified atom stereocenters. The fraction of sp³-hybridized carbons (Fsp3) is 0.231. The van der Waals surface area contributed by atoms with Gasteiger partial charge in [0.2, 0.25) is 5.91 Å². The molecule has 1 fully saturated rings. The van der Waals surface area contributed by atoms with Crippen molar-refractivity contribution in [3.05, 3.63) is 144 Å². The number of nitrogens with one attached hydrogen (secondary N) is 3. The average molecular weight is 678 g/mol. The Morgan fingerprint density at radius 2 is 1.39 bits per heavy atom. The smallest absolute Gasteiger partial charge is 0.405 e. The highest BCUT2D eigenvalue weighted by Gasteiger charge is 2.33. The fourth-order valence-electron chi connectivity index (χ4n) is 6.46. The van der Waals surface area contributed by atoms with Gasteiger partial charge in [0.05, 0.1) is 22.9 Å². The minimum absolute atomic E-state index is 0.135. The van der Waals surface area contributed by atoms with E-state index in [1.807, 2.05) is 109 Å². The number of ether oxygens (including phenoxy) is 1. The van der Waals surface area contributed by atoms with E-state index in [0.717, 1.165) is 27.5 Å². The van der Waals surface area contributed by atoms with Gasteiger partial charge in [0.25, 0.3) is 0 Å². The lowest BCUT2D eigenvalue weighted by Gasteiger charge is -2.31. The molecule has 2 amide bonds. The number of carboxylic acid groups (broad SMARTS) is 1. The van der Waals surface area contributed by atoms with Gasteiger partial charge in [0.1, 0.15) is 6.04 Å². The molecule has 1 aliphatic heterocycles. The van der Waals surface area contributed by atoms with E-state index in [0.29, 0.717) is 31.6 Å². The standard InChI is InChI=1S/C39H39N3O6S/c43-38(37(42-39(44)45)36(29-13-3-1-4-14-29)30-15-5-2-6-16-30)41-35-18-10-9-12-28(35)19-21-32-24-40-25-33(48-32)26-49(46,47)34-22-20-27-11-7-8-17-31(27)23-34/h1-18,20,22-23,32-33,36-37,40,42H,19,21,24-26H2,(H,41,43)(H,44,45)/t32?,33-,37-/m0/s1. The van der Waals surface area contributed by atoms with Gasteiger partial charge in [-0.15, -0.1) is 0 Å². The van der Waals surface area contributed by atoms with Crippen LogP contribution in [0.3, 0.4) is 0 Å². The number of carbonyl (C=O) groups is 2. The predicted molar refractivity (Wildman–Crippen MR) is 191 cm³/mol. The SMILES string of the molecule is O=C(O)N[C@H](C(=O)Nc1ccccc1CCC1CNC[C@@H](CS(=O)(=O)c2ccc3ccccc3c2)O1)C(c1ccccc1)c1ccccc1. The highest BCUT2D eigenvalue weighted by Crippen LogP contribution is 2.30. The van der Waals surface area contributed by atoms with Crippen molar-refractivity contribution >= 4 is 38.3 Å². The summed E-state index contributed by atoms with van der Waals surface area (Å²) in [7, 11) is -3.59. The van der Waals surface area contributed by atoms with E-state index < -0.39 is 39.9 Å². The van der Waals surface area contributed by atoms with Gasteiger partial charge < -0.3 is 25.8 Å². The van der Waals surface area contributed by atoms with Crippen LogP contribution < -0.4 is 16.0 Å². The number of fused-ring (bicyclic) bond motifs is 1. The molecular weight excluding hydrogens is 639 g/mol. The van der Waals surface area contributed by atoms with Gasteiger partial charge in [-0.25, -0.2) is 13.2 Å². The van der Waals surface area contributed by atoms with E-state index in [1.54, 1.807) is 18.2 Å². The predicted octanol–water partition coefficient (Wildman–Crippen LogP) is 6.01. The molecule has 1 aliphatic rings. The summed E-state index contributed by atoms with van der Waals surface area (Å²) in [6.45, 7) is 0.999. The summed E-state index contributed by atoms with van der Waals surface area (Å²) < 4.78 is 33.0. The van der Waals surface area contributed by atoms with Crippen molar-refractivity contribution in [3.8, 4) is 0 Å². The minimum Gasteiger partial charge on any atom is -0.465 e. The maximum atomic E-state index is 13.9. The van der Waals surface area contributed by atoms with Crippen LogP contribution in [0.2, 0.25) is 0 Å². The van der Waals surface area contributed by atoms with Crippen LogP contribution in [0.15, 0.2) is 132 Å². The first-order chi connectivity index (χ1) is 23.8. The molecule has 9 nitrogen and oxygen atoms in total. The lowest BCUT2D eigenvalue weighted by molar-refractivity contribution is -0.118. The van der Waals surface area contributed by atoms with Crippen LogP contribution in [0.5, 0.6) is 0 Å². The molecule has 0 spiro atoms. The number of hydrogen-bond donors (Lipinski definition) is 4. The number of carbonyl (C=O) groups excluding carboxylic acids is 1. The normalized spacial score (nSPS) is 17.0. The summed E-state index contributed by atoms with van der Waals surface area (Å²) >= 11 is 0. The van der Waals surface area contributed by atoms with Crippen molar-refractivity contribution < 1.29 is 27.9 Å². The Hall–Kier alpha value is -5.03. The number of anilines is 1. The van der Waals surface area contributed by atoms with Crippen LogP contribution in [0, 0.1) is 0 Å². The zero-order chi connectivity index (χ0) is 34.2. The van der Waals surface area contributed by atoms with E-state index in [1.165, 1.54) is 0 Å². The Morgan fingerprint density at radius 1 is 0.776 bits per heavy atom. The van der Waals surface area contributed by atoms with Gasteiger partial charge in [0.15, 0.2) is 9.84 Å². The van der Waals surface area contributed by atoms with Gasteiger partial charge in [-0.3, -0.25) is 4.79 Å². The quantitative estimate of drug-likeness (QED) is 0.127. The first-order valence-corrected chi connectivity index (χ1v) is 18.0. The second-order valence-corrected chi connectivity index (χ2v) is 14.3. The van der Waals surface area contributed by atoms with E-state index in [-0.39, 0.29) is 16.8 Å². The van der Waals surface area contributed by atoms with E-state index >= 15 is 0 Å². The summed E-state index contributed by atoms with van der Waals surface area (Å²) in [6.07, 6.45) is -0.924. The van der Waals surface area contributed by atoms with Crippen LogP contribution in [-0.2, 0) is 25.8 Å². The molecule has 49 heavy (non-hydrogen) atoms. The maximum absolute atomic E-state index is 13.9. The third-order valence-electron chi connectivity index (χ3n) is 8.84. The van der Waals surface area contributed by atoms with Crippen molar-refractivity contribution in [3.63, 3.8) is 0 Å². The first kappa shape index (κ1) is 33.9. The van der Waals surface area contributed by atoms with E-state index in [4.69, 9.17) is 4.74 Å². The summed E-state index contributed by atoms with van der Waals surface area (Å²) in [5.74, 6) is -1.19. The number of sulfone groups is 1. The molecule has 10 heteroatoms. The third-order valence-corrected chi connectivity index (χ3v) is 10.6. The molecule has 5 aromatic carbocycles. The van der Waals surface area contributed by atoms with Crippen molar-refractivity contribution in [2.24, 2.45) is 0 Å². The molecule has 5 aromatic rings. The van der Waals surface area contributed by atoms with Crippen LogP contribution in [0.25, 0.3) is 10.8 Å². The Balaban J connectivity index is 1.13. The second kappa shape index (κ2) is 15.5. The van der Waals surface area contributed by atoms with Gasteiger partial charge in [-0.1, -0.05) is 109 Å². The Kier molecular flexibility index (Phi) is 10.7. The Bertz CT molecular complexity index is 1970. The van der Waals surface area contributed by atoms with E-state index in [9.17, 15) is 23.1 Å². The van der Waals surface area contributed by atoms with Crippen molar-refractivity contribution in [2.75, 3.05) is 24.2 Å². The minimum atomic E-state index is -3.59. The molecule has 6 rings (SSSR count). The Morgan fingerprint density at radius 3 is 2.08 bits per heavy atom. The summed E-state index contributed by atoms with van der Waals surface area (Å²) in [6, 6.07) is 37.9. The molecule has 0 aliphatic carbocycles. The number of amides is 2. The number of morpholine rings is 1. The zero-order valence-electron chi connectivity index (χ0n) is 26.9. The molecule has 0 radical (unpaired) electrons. The monoisotopic (exact) mass is 677 g/mol. The van der Waals surface area contributed by atoms with Crippen molar-refractivity contribution in [2.45, 2.75) is 41.9 Å². The molecular formula is C39H39N3O6S. The van der Waals surface area contributed by atoms with Gasteiger partial charge in [0, 0.05) is 24.7 Å². The molecule has 1 saturated heterocycles. The van der Waals surface area contributed by atoms with Crippen LogP contribution in [0.4, 0.5) is 10.5 Å². The number of aryl methyl sites for hydroxylation is 1. The molecule has 0 saturated carbocycles. The molecule has 252 valence electrons. The lowest BCUT2D eigenvalue weighted by atomic mass is 9.84. The molecule has 4 N–H and O–H groups in total. The highest BCUT2D eigenvalue weighted by atomic mass is 32.2. The number of para-hydroxylation sites is 1. The summed E-state index contributed by atoms with van der Waals surface area (Å²) in [4.78, 5) is 26.2. The number of hydrogen-bond acceptors (Lipinski definition) is 6. The average Bonchev–Trinajstić information content (AvgIpc) is 3.11. The maximum Gasteiger partial charge on any atom is 0.405 e. The molecule has 3 atom stereocenters. The van der Waals surface area contributed by atoms with Gasteiger partial charge >= 0.3 is 6.09 Å². The molecule has 0 bridgehead atoms. The Labute approximate surface area is 286 Å². The third kappa shape index (κ3) is 8.53. The second-order valence-electron chi connectivity index (χ2n) is 12.2. The largest absolute Gasteiger partial charge is 0.465 e. The highest BCUT2D eigenvalue weighted by molar-refractivity contribution is 7.91. The van der Waals surface area contributed by atoms with Crippen molar-refractivity contribution in [1.29, 1.82) is 0 Å². The van der Waals surface area contributed by atoms with Crippen molar-refractivity contribution in [1.82, 2.24) is 10.6 Å². The van der Waals surface area contributed by atoms with Gasteiger partial charge in [-0.2, -0.15) is 0 Å².